The molecule has 7 nitrogen and oxygen atoms in total. The summed E-state index contributed by atoms with van der Waals surface area (Å²) in [6.45, 7) is 0. The number of hydrogen-bond donors (Lipinski definition) is 0. The Bertz CT molecular complexity index is 3350. The molecule has 0 saturated heterocycles. The second-order valence-corrected chi connectivity index (χ2v) is 14.7. The zero-order valence-electron chi connectivity index (χ0n) is 28.8. The number of furan rings is 1. The SMILES string of the molecule is C1=Cc2sc(-n3c4ccccc4c4ccc5c6ccccc6n(-c6nc(-c7ccccc7)nc(-c7cccc8oc9ccccc9c78)n6)c5c43)nc2CC1. The third kappa shape index (κ3) is 4.22. The fraction of sp³-hybridized carbons (Fsp3) is 0.0435. The van der Waals surface area contributed by atoms with Gasteiger partial charge in [-0.15, -0.1) is 0 Å². The number of allylic oxidation sites excluding steroid dienone is 1. The third-order valence-corrected chi connectivity index (χ3v) is 11.7. The van der Waals surface area contributed by atoms with Gasteiger partial charge in [0.05, 0.1) is 32.6 Å². The maximum absolute atomic E-state index is 6.32. The Labute approximate surface area is 312 Å². The lowest BCUT2D eigenvalue weighted by atomic mass is 10.1. The minimum atomic E-state index is 0.542. The monoisotopic (exact) mass is 712 g/mol. The van der Waals surface area contributed by atoms with Gasteiger partial charge in [0.25, 0.3) is 0 Å². The number of benzene rings is 6. The summed E-state index contributed by atoms with van der Waals surface area (Å²) in [5.41, 5.74) is 8.81. The number of para-hydroxylation sites is 3. The standard InChI is InChI=1S/C46H28N6OS/c1-2-13-27(14-3-1)43-48-44(33-18-12-23-38-40(33)32-17-6-10-22-37(32)53-38)50-45(49-43)51-35-20-8-4-15-28(35)30-25-26-31-29-16-5-9-21-36(29)52(42(31)41(30)51)46-47-34-19-7-11-24-39(34)54-46/h1-6,8-18,20-26H,7,19H2. The fourth-order valence-electron chi connectivity index (χ4n) is 8.34. The van der Waals surface area contributed by atoms with Crippen molar-refractivity contribution < 1.29 is 4.42 Å². The van der Waals surface area contributed by atoms with Crippen LogP contribution in [0.3, 0.4) is 0 Å². The summed E-state index contributed by atoms with van der Waals surface area (Å²) in [7, 11) is 0. The van der Waals surface area contributed by atoms with Gasteiger partial charge >= 0.3 is 0 Å². The fourth-order valence-corrected chi connectivity index (χ4v) is 9.40. The van der Waals surface area contributed by atoms with E-state index in [4.69, 9.17) is 24.4 Å². The zero-order valence-corrected chi connectivity index (χ0v) is 29.6. The lowest BCUT2D eigenvalue weighted by Gasteiger charge is -2.12. The summed E-state index contributed by atoms with van der Waals surface area (Å²) >= 11 is 1.75. The van der Waals surface area contributed by atoms with Crippen LogP contribution in [0.2, 0.25) is 0 Å². The number of hydrogen-bond acceptors (Lipinski definition) is 6. The largest absolute Gasteiger partial charge is 0.456 e. The van der Waals surface area contributed by atoms with E-state index in [0.29, 0.717) is 17.6 Å². The molecule has 5 aromatic heterocycles. The highest BCUT2D eigenvalue weighted by molar-refractivity contribution is 7.15. The maximum Gasteiger partial charge on any atom is 0.238 e. The van der Waals surface area contributed by atoms with Crippen LogP contribution in [-0.2, 0) is 6.42 Å². The van der Waals surface area contributed by atoms with E-state index < -0.39 is 0 Å². The van der Waals surface area contributed by atoms with Gasteiger partial charge in [-0.2, -0.15) is 9.97 Å². The molecule has 1 aliphatic rings. The van der Waals surface area contributed by atoms with Gasteiger partial charge in [-0.05, 0) is 43.2 Å². The summed E-state index contributed by atoms with van der Waals surface area (Å²) < 4.78 is 10.9. The Morgan fingerprint density at radius 1 is 0.537 bits per heavy atom. The first-order chi connectivity index (χ1) is 26.8. The second-order valence-electron chi connectivity index (χ2n) is 13.7. The van der Waals surface area contributed by atoms with Crippen LogP contribution in [0.1, 0.15) is 17.0 Å². The van der Waals surface area contributed by atoms with Crippen molar-refractivity contribution in [3.63, 3.8) is 0 Å². The molecule has 0 saturated carbocycles. The Balaban J connectivity index is 1.23. The summed E-state index contributed by atoms with van der Waals surface area (Å²) in [5, 5.41) is 7.54. The highest BCUT2D eigenvalue weighted by atomic mass is 32.1. The summed E-state index contributed by atoms with van der Waals surface area (Å²) in [6.07, 6.45) is 6.43. The Hall–Kier alpha value is -6.90. The topological polar surface area (TPSA) is 74.6 Å². The average molecular weight is 713 g/mol. The van der Waals surface area contributed by atoms with Crippen LogP contribution in [0.15, 0.2) is 144 Å². The minimum Gasteiger partial charge on any atom is -0.456 e. The number of aromatic nitrogens is 6. The van der Waals surface area contributed by atoms with Crippen molar-refractivity contribution in [3.8, 4) is 33.9 Å². The van der Waals surface area contributed by atoms with Crippen LogP contribution in [0.4, 0.5) is 0 Å². The number of thiazole rings is 1. The van der Waals surface area contributed by atoms with Gasteiger partial charge in [0.15, 0.2) is 16.8 Å². The highest BCUT2D eigenvalue weighted by Crippen LogP contribution is 2.43. The molecule has 54 heavy (non-hydrogen) atoms. The highest BCUT2D eigenvalue weighted by Gasteiger charge is 2.25. The molecule has 8 heteroatoms. The van der Waals surface area contributed by atoms with Gasteiger partial charge in [-0.3, -0.25) is 9.13 Å². The van der Waals surface area contributed by atoms with Gasteiger partial charge in [-0.1, -0.05) is 127 Å². The molecule has 0 atom stereocenters. The van der Waals surface area contributed by atoms with Crippen LogP contribution in [-0.4, -0.2) is 29.1 Å². The van der Waals surface area contributed by atoms with E-state index in [1.54, 1.807) is 11.3 Å². The van der Waals surface area contributed by atoms with E-state index in [1.165, 1.54) is 10.3 Å². The summed E-state index contributed by atoms with van der Waals surface area (Å²) in [4.78, 5) is 22.4. The third-order valence-electron chi connectivity index (χ3n) is 10.7. The van der Waals surface area contributed by atoms with Gasteiger partial charge < -0.3 is 4.42 Å². The molecule has 0 spiro atoms. The molecular formula is C46H28N6OS. The van der Waals surface area contributed by atoms with E-state index in [9.17, 15) is 0 Å². The molecule has 1 aliphatic carbocycles. The molecule has 0 fully saturated rings. The number of nitrogens with zero attached hydrogens (tertiary/aromatic N) is 6. The van der Waals surface area contributed by atoms with E-state index in [1.807, 2.05) is 48.5 Å². The first-order valence-electron chi connectivity index (χ1n) is 18.1. The lowest BCUT2D eigenvalue weighted by molar-refractivity contribution is 0.669. The number of fused-ring (bicyclic) bond motifs is 11. The van der Waals surface area contributed by atoms with Gasteiger partial charge in [0.1, 0.15) is 11.2 Å². The predicted molar refractivity (Wildman–Crippen MR) is 220 cm³/mol. The van der Waals surface area contributed by atoms with Gasteiger partial charge in [0, 0.05) is 43.4 Å². The molecular weight excluding hydrogens is 685 g/mol. The van der Waals surface area contributed by atoms with Crippen molar-refractivity contribution in [2.24, 2.45) is 0 Å². The van der Waals surface area contributed by atoms with E-state index >= 15 is 0 Å². The van der Waals surface area contributed by atoms with E-state index in [-0.39, 0.29) is 0 Å². The van der Waals surface area contributed by atoms with Crippen molar-refractivity contribution in [2.75, 3.05) is 0 Å². The Morgan fingerprint density at radius 3 is 2.00 bits per heavy atom. The first-order valence-corrected chi connectivity index (χ1v) is 18.9. The molecule has 11 aromatic rings. The van der Waals surface area contributed by atoms with Crippen LogP contribution in [0.5, 0.6) is 0 Å². The van der Waals surface area contributed by atoms with Crippen LogP contribution < -0.4 is 0 Å². The Morgan fingerprint density at radius 2 is 1.20 bits per heavy atom. The molecule has 0 radical (unpaired) electrons. The van der Waals surface area contributed by atoms with Crippen molar-refractivity contribution in [2.45, 2.75) is 12.8 Å². The van der Waals surface area contributed by atoms with Crippen molar-refractivity contribution >= 4 is 83.0 Å². The van der Waals surface area contributed by atoms with Crippen LogP contribution >= 0.6 is 11.3 Å². The Kier molecular flexibility index (Phi) is 6.20. The van der Waals surface area contributed by atoms with E-state index in [2.05, 4.69) is 106 Å². The predicted octanol–water partition coefficient (Wildman–Crippen LogP) is 11.7. The smallest absolute Gasteiger partial charge is 0.238 e. The molecule has 5 heterocycles. The molecule has 6 aromatic carbocycles. The lowest BCUT2D eigenvalue weighted by Crippen LogP contribution is -2.07. The van der Waals surface area contributed by atoms with Gasteiger partial charge in [0.2, 0.25) is 5.95 Å². The summed E-state index contributed by atoms with van der Waals surface area (Å²) in [5.74, 6) is 1.72. The molecule has 254 valence electrons. The van der Waals surface area contributed by atoms with Gasteiger partial charge in [-0.25, -0.2) is 9.97 Å². The zero-order chi connectivity index (χ0) is 35.3. The van der Waals surface area contributed by atoms with Crippen molar-refractivity contribution in [3.05, 3.63) is 150 Å². The van der Waals surface area contributed by atoms with Crippen LogP contribution in [0, 0.1) is 0 Å². The van der Waals surface area contributed by atoms with Crippen LogP contribution in [0.25, 0.3) is 105 Å². The first kappa shape index (κ1) is 29.7. The molecule has 0 N–H and O–H groups in total. The van der Waals surface area contributed by atoms with Crippen molar-refractivity contribution in [1.29, 1.82) is 0 Å². The molecule has 12 rings (SSSR count). The average Bonchev–Trinajstić information content (AvgIpc) is 4.00. The number of rotatable bonds is 4. The van der Waals surface area contributed by atoms with E-state index in [0.717, 1.165) is 95.0 Å². The number of aryl methyl sites for hydroxylation is 1. The maximum atomic E-state index is 6.32. The molecule has 0 amide bonds. The summed E-state index contributed by atoms with van der Waals surface area (Å²) in [6, 6.07) is 46.1. The van der Waals surface area contributed by atoms with Crippen molar-refractivity contribution in [1.82, 2.24) is 29.1 Å². The molecule has 0 aliphatic heterocycles. The second kappa shape index (κ2) is 11.3. The minimum absolute atomic E-state index is 0.542. The molecule has 0 bridgehead atoms. The normalized spacial score (nSPS) is 13.0. The molecule has 0 unspecified atom stereocenters. The quantitative estimate of drug-likeness (QED) is 0.182.